The number of nitrogens with zero attached hydrogens (tertiary/aromatic N) is 2. The quantitative estimate of drug-likeness (QED) is 0.806. The Morgan fingerprint density at radius 3 is 2.56 bits per heavy atom. The Hall–Kier alpha value is -1.68. The second-order valence-electron chi connectivity index (χ2n) is 3.87. The average molecular weight is 217 g/mol. The number of carbonyl (C=O) groups excluding carboxylic acids is 1. The van der Waals surface area contributed by atoms with E-state index in [4.69, 9.17) is 5.73 Å². The summed E-state index contributed by atoms with van der Waals surface area (Å²) >= 11 is 0. The Morgan fingerprint density at radius 2 is 2.00 bits per heavy atom. The van der Waals surface area contributed by atoms with Gasteiger partial charge < -0.3 is 5.73 Å². The predicted molar refractivity (Wildman–Crippen MR) is 62.9 cm³/mol. The number of carbonyl (C=O) groups is 1. The number of rotatable bonds is 2. The summed E-state index contributed by atoms with van der Waals surface area (Å²) in [5, 5.41) is 5.67. The Morgan fingerprint density at radius 1 is 1.31 bits per heavy atom. The van der Waals surface area contributed by atoms with Crippen LogP contribution in [0.25, 0.3) is 0 Å². The first-order valence-electron chi connectivity index (χ1n) is 5.34. The normalized spacial score (nSPS) is 16.2. The van der Waals surface area contributed by atoms with Gasteiger partial charge in [0.2, 0.25) is 5.91 Å². The van der Waals surface area contributed by atoms with Crippen LogP contribution in [0.3, 0.4) is 0 Å². The van der Waals surface area contributed by atoms with Gasteiger partial charge in [-0.2, -0.15) is 5.10 Å². The fraction of sp³-hybridized carbons (Fsp3) is 0.333. The van der Waals surface area contributed by atoms with Crippen LogP contribution in [0.2, 0.25) is 0 Å². The molecule has 1 aliphatic heterocycles. The number of hydrazone groups is 1. The molecule has 0 aliphatic carbocycles. The van der Waals surface area contributed by atoms with Crippen molar-refractivity contribution in [2.24, 2.45) is 10.8 Å². The average Bonchev–Trinajstić information content (AvgIpc) is 2.33. The van der Waals surface area contributed by atoms with Crippen molar-refractivity contribution < 1.29 is 4.79 Å². The highest BCUT2D eigenvalue weighted by Gasteiger charge is 2.17. The molecule has 2 N–H and O–H groups in total. The number of benzene rings is 1. The summed E-state index contributed by atoms with van der Waals surface area (Å²) < 4.78 is 0. The highest BCUT2D eigenvalue weighted by atomic mass is 16.2. The molecule has 2 rings (SSSR count). The van der Waals surface area contributed by atoms with Gasteiger partial charge in [0, 0.05) is 26.4 Å². The predicted octanol–water partition coefficient (Wildman–Crippen LogP) is 1.10. The smallest absolute Gasteiger partial charge is 0.242 e. The van der Waals surface area contributed by atoms with Gasteiger partial charge >= 0.3 is 0 Å². The lowest BCUT2D eigenvalue weighted by molar-refractivity contribution is -0.130. The van der Waals surface area contributed by atoms with E-state index in [9.17, 15) is 4.79 Å². The molecule has 1 aromatic rings. The van der Waals surface area contributed by atoms with E-state index in [2.05, 4.69) is 5.10 Å². The van der Waals surface area contributed by atoms with Crippen molar-refractivity contribution in [2.75, 3.05) is 7.05 Å². The lowest BCUT2D eigenvalue weighted by Crippen LogP contribution is -2.28. The summed E-state index contributed by atoms with van der Waals surface area (Å²) in [5.74, 6) is 0.0716. The maximum Gasteiger partial charge on any atom is 0.242 e. The second kappa shape index (κ2) is 4.45. The molecule has 4 heteroatoms. The van der Waals surface area contributed by atoms with Crippen LogP contribution in [0.15, 0.2) is 29.4 Å². The van der Waals surface area contributed by atoms with Gasteiger partial charge in [0.15, 0.2) is 0 Å². The highest BCUT2D eigenvalue weighted by molar-refractivity contribution is 6.04. The van der Waals surface area contributed by atoms with Crippen LogP contribution in [-0.4, -0.2) is 23.7 Å². The molecule has 16 heavy (non-hydrogen) atoms. The molecule has 0 saturated carbocycles. The molecule has 0 saturated heterocycles. The fourth-order valence-corrected chi connectivity index (χ4v) is 1.71. The van der Waals surface area contributed by atoms with Crippen LogP contribution in [0.1, 0.15) is 24.0 Å². The minimum atomic E-state index is 0.0716. The van der Waals surface area contributed by atoms with Gasteiger partial charge in [-0.15, -0.1) is 0 Å². The molecule has 4 nitrogen and oxygen atoms in total. The molecule has 1 aliphatic rings. The van der Waals surface area contributed by atoms with Crippen molar-refractivity contribution >= 4 is 11.6 Å². The van der Waals surface area contributed by atoms with Crippen molar-refractivity contribution in [3.8, 4) is 0 Å². The lowest BCUT2D eigenvalue weighted by atomic mass is 10.0. The zero-order chi connectivity index (χ0) is 11.5. The zero-order valence-corrected chi connectivity index (χ0v) is 9.31. The van der Waals surface area contributed by atoms with Gasteiger partial charge in [0.05, 0.1) is 5.71 Å². The van der Waals surface area contributed by atoms with Crippen molar-refractivity contribution in [1.82, 2.24) is 5.01 Å². The van der Waals surface area contributed by atoms with Crippen molar-refractivity contribution in [2.45, 2.75) is 19.4 Å². The molecular weight excluding hydrogens is 202 g/mol. The third kappa shape index (κ3) is 2.12. The summed E-state index contributed by atoms with van der Waals surface area (Å²) in [6, 6.07) is 8.00. The number of amides is 1. The van der Waals surface area contributed by atoms with Gasteiger partial charge in [0.1, 0.15) is 0 Å². The van der Waals surface area contributed by atoms with E-state index in [1.54, 1.807) is 7.05 Å². The number of hydrogen-bond acceptors (Lipinski definition) is 3. The highest BCUT2D eigenvalue weighted by Crippen LogP contribution is 2.14. The Bertz CT molecular complexity index is 422. The van der Waals surface area contributed by atoms with E-state index in [0.29, 0.717) is 19.4 Å². The van der Waals surface area contributed by atoms with E-state index in [0.717, 1.165) is 16.8 Å². The lowest BCUT2D eigenvalue weighted by Gasteiger charge is -2.19. The molecule has 0 radical (unpaired) electrons. The zero-order valence-electron chi connectivity index (χ0n) is 9.31. The van der Waals surface area contributed by atoms with Crippen molar-refractivity contribution in [3.63, 3.8) is 0 Å². The van der Waals surface area contributed by atoms with E-state index in [1.165, 1.54) is 5.01 Å². The molecule has 0 aromatic heterocycles. The second-order valence-corrected chi connectivity index (χ2v) is 3.87. The Kier molecular flexibility index (Phi) is 3.01. The standard InChI is InChI=1S/C12H15N3O/c1-15-12(16)7-6-11(14-15)10-4-2-9(8-13)3-5-10/h2-5H,6-8,13H2,1H3. The van der Waals surface area contributed by atoms with Crippen molar-refractivity contribution in [3.05, 3.63) is 35.4 Å². The molecule has 84 valence electrons. The molecule has 0 fully saturated rings. The molecule has 1 aromatic carbocycles. The minimum Gasteiger partial charge on any atom is -0.326 e. The van der Waals surface area contributed by atoms with Crippen LogP contribution >= 0.6 is 0 Å². The van der Waals surface area contributed by atoms with Gasteiger partial charge in [-0.1, -0.05) is 24.3 Å². The molecule has 0 unspecified atom stereocenters. The first kappa shape index (κ1) is 10.8. The Balaban J connectivity index is 2.24. The van der Waals surface area contributed by atoms with E-state index in [1.807, 2.05) is 24.3 Å². The molecule has 1 amide bonds. The summed E-state index contributed by atoms with van der Waals surface area (Å²) in [6.07, 6.45) is 1.25. The number of hydrogen-bond donors (Lipinski definition) is 1. The Labute approximate surface area is 94.7 Å². The SMILES string of the molecule is CN1N=C(c2ccc(CN)cc2)CCC1=O. The van der Waals surface area contributed by atoms with Gasteiger partial charge in [-0.05, 0) is 11.1 Å². The fourth-order valence-electron chi connectivity index (χ4n) is 1.71. The topological polar surface area (TPSA) is 58.7 Å². The summed E-state index contributed by atoms with van der Waals surface area (Å²) in [4.78, 5) is 11.3. The van der Waals surface area contributed by atoms with Gasteiger partial charge in [-0.25, -0.2) is 5.01 Å². The third-order valence-electron chi connectivity index (χ3n) is 2.73. The van der Waals surface area contributed by atoms with Crippen LogP contribution in [-0.2, 0) is 11.3 Å². The van der Waals surface area contributed by atoms with Gasteiger partial charge in [0.25, 0.3) is 0 Å². The van der Waals surface area contributed by atoms with Crippen LogP contribution in [0, 0.1) is 0 Å². The molecule has 1 heterocycles. The van der Waals surface area contributed by atoms with Crippen LogP contribution in [0.5, 0.6) is 0 Å². The summed E-state index contributed by atoms with van der Waals surface area (Å²) in [5.41, 5.74) is 8.67. The first-order chi connectivity index (χ1) is 7.70. The van der Waals surface area contributed by atoms with E-state index >= 15 is 0 Å². The van der Waals surface area contributed by atoms with Gasteiger partial charge in [-0.3, -0.25) is 4.79 Å². The minimum absolute atomic E-state index is 0.0716. The van der Waals surface area contributed by atoms with Crippen molar-refractivity contribution in [1.29, 1.82) is 0 Å². The summed E-state index contributed by atoms with van der Waals surface area (Å²) in [6.45, 7) is 0.547. The molecule has 0 bridgehead atoms. The van der Waals surface area contributed by atoms with Crippen LogP contribution in [0.4, 0.5) is 0 Å². The van der Waals surface area contributed by atoms with E-state index in [-0.39, 0.29) is 5.91 Å². The number of nitrogens with two attached hydrogens (primary N) is 1. The van der Waals surface area contributed by atoms with E-state index < -0.39 is 0 Å². The molecule has 0 spiro atoms. The first-order valence-corrected chi connectivity index (χ1v) is 5.34. The maximum absolute atomic E-state index is 11.3. The van der Waals surface area contributed by atoms with Crippen LogP contribution < -0.4 is 5.73 Å². The summed E-state index contributed by atoms with van der Waals surface area (Å²) in [7, 11) is 1.69. The molecule has 0 atom stereocenters. The monoisotopic (exact) mass is 217 g/mol. The third-order valence-corrected chi connectivity index (χ3v) is 2.73. The largest absolute Gasteiger partial charge is 0.326 e. The molecular formula is C12H15N3O. The maximum atomic E-state index is 11.3.